The Labute approximate surface area is 197 Å². The number of amidine groups is 1. The molecular formula is C21H20ClF3N6O3. The lowest BCUT2D eigenvalue weighted by molar-refractivity contribution is -0.137. The van der Waals surface area contributed by atoms with Crippen LogP contribution in [0.3, 0.4) is 0 Å². The average molecular weight is 497 g/mol. The summed E-state index contributed by atoms with van der Waals surface area (Å²) in [5.41, 5.74) is 5.11. The van der Waals surface area contributed by atoms with Gasteiger partial charge in [-0.15, -0.1) is 0 Å². The van der Waals surface area contributed by atoms with E-state index in [-0.39, 0.29) is 47.5 Å². The van der Waals surface area contributed by atoms with Crippen LogP contribution in [-0.2, 0) is 6.18 Å². The summed E-state index contributed by atoms with van der Waals surface area (Å²) in [5, 5.41) is 12.1. The van der Waals surface area contributed by atoms with Gasteiger partial charge in [-0.3, -0.25) is 0 Å². The quantitative estimate of drug-likeness (QED) is 0.580. The molecule has 1 aromatic carbocycles. The van der Waals surface area contributed by atoms with Gasteiger partial charge in [0.15, 0.2) is 0 Å². The molecule has 34 heavy (non-hydrogen) atoms. The van der Waals surface area contributed by atoms with E-state index in [1.807, 2.05) is 0 Å². The van der Waals surface area contributed by atoms with Crippen molar-refractivity contribution < 1.29 is 27.8 Å². The van der Waals surface area contributed by atoms with Gasteiger partial charge in [0, 0.05) is 31.9 Å². The Morgan fingerprint density at radius 3 is 2.82 bits per heavy atom. The van der Waals surface area contributed by atoms with Crippen LogP contribution in [0.1, 0.15) is 16.7 Å². The van der Waals surface area contributed by atoms with Gasteiger partial charge in [0.05, 0.1) is 27.5 Å². The molecule has 0 spiro atoms. The number of amides is 1. The van der Waals surface area contributed by atoms with Gasteiger partial charge in [0.2, 0.25) is 0 Å². The van der Waals surface area contributed by atoms with Crippen LogP contribution in [0.25, 0.3) is 11.3 Å². The van der Waals surface area contributed by atoms with E-state index in [4.69, 9.17) is 27.2 Å². The lowest BCUT2D eigenvalue weighted by Gasteiger charge is -2.28. The molecule has 4 N–H and O–H groups in total. The van der Waals surface area contributed by atoms with Crippen molar-refractivity contribution in [3.8, 4) is 17.0 Å². The Morgan fingerprint density at radius 1 is 1.41 bits per heavy atom. The molecule has 13 heteroatoms. The van der Waals surface area contributed by atoms with Crippen molar-refractivity contribution in [2.75, 3.05) is 37.9 Å². The minimum Gasteiger partial charge on any atom is -0.465 e. The number of pyridine rings is 1. The third-order valence-electron chi connectivity index (χ3n) is 5.42. The van der Waals surface area contributed by atoms with E-state index < -0.39 is 23.5 Å². The van der Waals surface area contributed by atoms with E-state index in [0.29, 0.717) is 17.1 Å². The molecular weight excluding hydrogens is 477 g/mol. The molecule has 2 aliphatic heterocycles. The normalized spacial score (nSPS) is 14.5. The van der Waals surface area contributed by atoms with Crippen molar-refractivity contribution in [3.05, 3.63) is 46.3 Å². The third-order valence-corrected chi connectivity index (χ3v) is 5.81. The number of nitrogens with two attached hydrogens (primary N) is 1. The largest absolute Gasteiger partial charge is 0.465 e. The van der Waals surface area contributed by atoms with Crippen molar-refractivity contribution in [1.82, 2.24) is 14.8 Å². The maximum atomic E-state index is 13.9. The number of nitrogens with one attached hydrogen (secondary N) is 1. The molecule has 2 aliphatic rings. The minimum absolute atomic E-state index is 0.000600. The predicted molar refractivity (Wildman–Crippen MR) is 121 cm³/mol. The van der Waals surface area contributed by atoms with Crippen LogP contribution in [0.4, 0.5) is 29.5 Å². The molecule has 0 radical (unpaired) electrons. The number of benzene rings is 1. The number of anilines is 2. The number of carboxylic acid groups (broad SMARTS) is 1. The van der Waals surface area contributed by atoms with Crippen LogP contribution in [-0.4, -0.2) is 58.6 Å². The molecule has 9 nitrogen and oxygen atoms in total. The Balaban J connectivity index is 1.85. The second-order valence-electron chi connectivity index (χ2n) is 7.69. The fraction of sp³-hybridized carbons (Fsp3) is 0.286. The van der Waals surface area contributed by atoms with Gasteiger partial charge in [-0.1, -0.05) is 11.6 Å². The maximum absolute atomic E-state index is 13.9. The number of aryl methyl sites for hydroxylation is 1. The van der Waals surface area contributed by atoms with Crippen molar-refractivity contribution in [2.45, 2.75) is 13.1 Å². The number of nitrogens with zero attached hydrogens (tertiary/aromatic N) is 4. The molecule has 0 aliphatic carbocycles. The topological polar surface area (TPSA) is 116 Å². The first-order valence-corrected chi connectivity index (χ1v) is 10.4. The number of likely N-dealkylation sites (N-methyl/N-ethyl adjacent to an activating group) is 1. The fourth-order valence-corrected chi connectivity index (χ4v) is 4.13. The molecule has 0 bridgehead atoms. The first kappa shape index (κ1) is 23.5. The van der Waals surface area contributed by atoms with Crippen LogP contribution < -0.4 is 15.8 Å². The zero-order valence-electron chi connectivity index (χ0n) is 18.1. The summed E-state index contributed by atoms with van der Waals surface area (Å²) in [4.78, 5) is 22.4. The van der Waals surface area contributed by atoms with Crippen LogP contribution in [0.5, 0.6) is 5.75 Å². The molecule has 0 saturated heterocycles. The summed E-state index contributed by atoms with van der Waals surface area (Å²) < 4.78 is 47.5. The highest BCUT2D eigenvalue weighted by Gasteiger charge is 2.38. The summed E-state index contributed by atoms with van der Waals surface area (Å²) in [5.74, 6) is 0.572. The summed E-state index contributed by atoms with van der Waals surface area (Å²) >= 11 is 6.63. The smallest absolute Gasteiger partial charge is 0.418 e. The lowest BCUT2D eigenvalue weighted by Crippen LogP contribution is -2.37. The zero-order chi connectivity index (χ0) is 24.8. The molecule has 0 fully saturated rings. The molecule has 4 rings (SSSR count). The Morgan fingerprint density at radius 2 is 2.15 bits per heavy atom. The predicted octanol–water partition coefficient (Wildman–Crippen LogP) is 4.22. The van der Waals surface area contributed by atoms with Gasteiger partial charge >= 0.3 is 12.3 Å². The van der Waals surface area contributed by atoms with Gasteiger partial charge in [-0.25, -0.2) is 14.8 Å². The molecule has 2 aromatic rings. The second kappa shape index (κ2) is 8.60. The Kier molecular flexibility index (Phi) is 5.94. The summed E-state index contributed by atoms with van der Waals surface area (Å²) in [6, 6.07) is 2.53. The second-order valence-corrected chi connectivity index (χ2v) is 8.07. The number of aliphatic imine (C=N–C) groups is 1. The zero-order valence-corrected chi connectivity index (χ0v) is 18.8. The summed E-state index contributed by atoms with van der Waals surface area (Å²) in [6.45, 7) is 1.83. The van der Waals surface area contributed by atoms with Crippen molar-refractivity contribution >= 4 is 35.0 Å². The van der Waals surface area contributed by atoms with Gasteiger partial charge < -0.3 is 30.7 Å². The van der Waals surface area contributed by atoms with Crippen LogP contribution in [0.15, 0.2) is 29.6 Å². The number of alkyl halides is 3. The summed E-state index contributed by atoms with van der Waals surface area (Å²) in [6.07, 6.45) is -2.86. The van der Waals surface area contributed by atoms with Gasteiger partial charge in [0.1, 0.15) is 30.3 Å². The van der Waals surface area contributed by atoms with Crippen molar-refractivity contribution in [1.29, 1.82) is 0 Å². The molecule has 0 unspecified atom stereocenters. The van der Waals surface area contributed by atoms with Gasteiger partial charge in [0.25, 0.3) is 0 Å². The summed E-state index contributed by atoms with van der Waals surface area (Å²) in [7, 11) is 1.44. The van der Waals surface area contributed by atoms with E-state index >= 15 is 0 Å². The monoisotopic (exact) mass is 496 g/mol. The molecule has 1 aromatic heterocycles. The SMILES string of the molecule is Cc1cc(N)nc(-c2cc3c4c(c2Cl)NCN=C4N(CCN(C)C(=O)O)C=CO3)c1C(F)(F)F. The van der Waals surface area contributed by atoms with Crippen molar-refractivity contribution in [2.24, 2.45) is 4.99 Å². The third kappa shape index (κ3) is 4.16. The Hall–Kier alpha value is -3.67. The van der Waals surface area contributed by atoms with E-state index in [9.17, 15) is 18.0 Å². The average Bonchev–Trinajstić information content (AvgIpc) is 2.92. The van der Waals surface area contributed by atoms with E-state index in [1.165, 1.54) is 26.3 Å². The Bertz CT molecular complexity index is 1230. The fourth-order valence-electron chi connectivity index (χ4n) is 3.83. The molecule has 180 valence electrons. The highest BCUT2D eigenvalue weighted by molar-refractivity contribution is 6.37. The highest BCUT2D eigenvalue weighted by atomic mass is 35.5. The molecule has 0 saturated carbocycles. The number of hydrogen-bond donors (Lipinski definition) is 3. The van der Waals surface area contributed by atoms with Gasteiger partial charge in [-0.2, -0.15) is 13.2 Å². The van der Waals surface area contributed by atoms with Gasteiger partial charge in [-0.05, 0) is 24.6 Å². The molecule has 3 heterocycles. The number of aromatic nitrogens is 1. The van der Waals surface area contributed by atoms with Crippen LogP contribution in [0.2, 0.25) is 5.02 Å². The number of nitrogen functional groups attached to an aromatic ring is 1. The van der Waals surface area contributed by atoms with Crippen molar-refractivity contribution in [3.63, 3.8) is 0 Å². The van der Waals surface area contributed by atoms with E-state index in [1.54, 1.807) is 11.1 Å². The van der Waals surface area contributed by atoms with E-state index in [2.05, 4.69) is 15.3 Å². The maximum Gasteiger partial charge on any atom is 0.418 e. The van der Waals surface area contributed by atoms with E-state index in [0.717, 1.165) is 11.0 Å². The standard InChI is InChI=1S/C21H20ClF3N6O3/c1-10-7-13(26)29-17(15(10)21(23,24)25)11-8-12-14-18(16(11)22)27-9-28-19(14)31(5-6-34-12)4-3-30(2)20(32)33/h5-8,27H,3-4,9H2,1-2H3,(H2,26,29)(H,32,33). The molecule has 0 atom stereocenters. The first-order valence-electron chi connectivity index (χ1n) is 10.0. The highest BCUT2D eigenvalue weighted by Crippen LogP contribution is 2.47. The molecule has 1 amide bonds. The first-order chi connectivity index (χ1) is 16.0. The number of ether oxygens (including phenoxy) is 1. The lowest BCUT2D eigenvalue weighted by atomic mass is 9.97. The number of halogens is 4. The number of carbonyl (C=O) groups is 1. The van der Waals surface area contributed by atoms with Crippen LogP contribution in [0, 0.1) is 6.92 Å². The minimum atomic E-state index is -4.69. The number of rotatable bonds is 4. The van der Waals surface area contributed by atoms with Crippen LogP contribution >= 0.6 is 11.6 Å². The number of hydrogen-bond acceptors (Lipinski definition) is 7.